The zero-order chi connectivity index (χ0) is 19.7. The van der Waals surface area contributed by atoms with Crippen molar-refractivity contribution in [3.05, 3.63) is 41.2 Å². The number of fused-ring (bicyclic) bond motifs is 2. The Morgan fingerprint density at radius 2 is 2.00 bits per heavy atom. The van der Waals surface area contributed by atoms with Crippen molar-refractivity contribution in [3.63, 3.8) is 0 Å². The van der Waals surface area contributed by atoms with Gasteiger partial charge in [0.15, 0.2) is 0 Å². The van der Waals surface area contributed by atoms with Crippen LogP contribution in [-0.2, 0) is 19.6 Å². The van der Waals surface area contributed by atoms with E-state index in [4.69, 9.17) is 0 Å². The third kappa shape index (κ3) is 3.53. The maximum Gasteiger partial charge on any atom is 0.319 e. The number of urea groups is 1. The quantitative estimate of drug-likeness (QED) is 0.729. The molecule has 0 atom stereocenters. The Balaban J connectivity index is 1.43. The van der Waals surface area contributed by atoms with Gasteiger partial charge in [-0.15, -0.1) is 0 Å². The van der Waals surface area contributed by atoms with Crippen molar-refractivity contribution in [3.8, 4) is 0 Å². The van der Waals surface area contributed by atoms with E-state index in [1.165, 1.54) is 0 Å². The van der Waals surface area contributed by atoms with Crippen molar-refractivity contribution in [1.82, 2.24) is 35.2 Å². The summed E-state index contributed by atoms with van der Waals surface area (Å²) in [5.41, 5.74) is 3.34. The van der Waals surface area contributed by atoms with Gasteiger partial charge in [-0.1, -0.05) is 0 Å². The van der Waals surface area contributed by atoms with Crippen molar-refractivity contribution in [2.45, 2.75) is 26.1 Å². The number of aryl methyl sites for hydroxylation is 1. The smallest absolute Gasteiger partial charge is 0.319 e. The maximum atomic E-state index is 12.4. The maximum absolute atomic E-state index is 12.4. The first-order valence-electron chi connectivity index (χ1n) is 9.03. The van der Waals surface area contributed by atoms with E-state index >= 15 is 0 Å². The fourth-order valence-corrected chi connectivity index (χ4v) is 3.25. The molecule has 0 unspecified atom stereocenters. The second kappa shape index (κ2) is 7.29. The van der Waals surface area contributed by atoms with E-state index in [9.17, 15) is 9.59 Å². The van der Waals surface area contributed by atoms with Crippen LogP contribution in [0.5, 0.6) is 0 Å². The number of hydrogen-bond acceptors (Lipinski definition) is 6. The van der Waals surface area contributed by atoms with Gasteiger partial charge >= 0.3 is 6.03 Å². The molecule has 28 heavy (non-hydrogen) atoms. The summed E-state index contributed by atoms with van der Waals surface area (Å²) >= 11 is 0. The van der Waals surface area contributed by atoms with Crippen molar-refractivity contribution >= 4 is 23.0 Å². The summed E-state index contributed by atoms with van der Waals surface area (Å²) < 4.78 is 6.56. The molecule has 0 saturated heterocycles. The van der Waals surface area contributed by atoms with E-state index in [1.807, 2.05) is 15.6 Å². The predicted molar refractivity (Wildman–Crippen MR) is 99.3 cm³/mol. The van der Waals surface area contributed by atoms with Crippen LogP contribution in [0.15, 0.2) is 28.9 Å². The normalized spacial score (nSPS) is 13.9. The second-order valence-electron chi connectivity index (χ2n) is 6.95. The molecule has 0 radical (unpaired) electrons. The van der Waals surface area contributed by atoms with Crippen LogP contribution in [-0.4, -0.2) is 62.5 Å². The molecule has 2 aromatic heterocycles. The first-order valence-corrected chi connectivity index (χ1v) is 9.03. The van der Waals surface area contributed by atoms with Gasteiger partial charge in [-0.2, -0.15) is 5.10 Å². The van der Waals surface area contributed by atoms with Crippen molar-refractivity contribution in [2.75, 3.05) is 20.6 Å². The van der Waals surface area contributed by atoms with Gasteiger partial charge in [0.05, 0.1) is 24.5 Å². The van der Waals surface area contributed by atoms with E-state index in [-0.39, 0.29) is 11.9 Å². The molecule has 10 heteroatoms. The van der Waals surface area contributed by atoms with Gasteiger partial charge < -0.3 is 15.1 Å². The lowest BCUT2D eigenvalue weighted by Crippen LogP contribution is -2.38. The number of amides is 3. The number of benzene rings is 1. The third-order valence-electron chi connectivity index (χ3n) is 4.66. The van der Waals surface area contributed by atoms with Crippen molar-refractivity contribution < 1.29 is 14.2 Å². The molecule has 4 rings (SSSR count). The Morgan fingerprint density at radius 3 is 2.82 bits per heavy atom. The summed E-state index contributed by atoms with van der Waals surface area (Å²) in [5, 5.41) is 14.9. The number of rotatable bonds is 3. The van der Waals surface area contributed by atoms with Crippen LogP contribution >= 0.6 is 0 Å². The summed E-state index contributed by atoms with van der Waals surface area (Å²) in [6, 6.07) is 6.92. The molecule has 146 valence electrons. The minimum Gasteiger partial charge on any atom is -0.346 e. The highest BCUT2D eigenvalue weighted by atomic mass is 16.6. The van der Waals surface area contributed by atoms with Crippen LogP contribution < -0.4 is 5.32 Å². The van der Waals surface area contributed by atoms with E-state index in [2.05, 4.69) is 25.4 Å². The Morgan fingerprint density at radius 1 is 1.18 bits per heavy atom. The molecule has 1 aliphatic rings. The molecule has 1 aliphatic heterocycles. The number of carbonyl (C=O) groups is 2. The highest BCUT2D eigenvalue weighted by molar-refractivity contribution is 5.97. The fraction of sp³-hybridized carbons (Fsp3) is 0.389. The van der Waals surface area contributed by atoms with Crippen LogP contribution in [0.25, 0.3) is 11.0 Å². The van der Waals surface area contributed by atoms with E-state index < -0.39 is 0 Å². The molecule has 3 aromatic rings. The van der Waals surface area contributed by atoms with Crippen LogP contribution in [0.4, 0.5) is 4.79 Å². The Kier molecular flexibility index (Phi) is 4.68. The summed E-state index contributed by atoms with van der Waals surface area (Å²) in [6.07, 6.45) is 0.839. The molecule has 0 bridgehead atoms. The van der Waals surface area contributed by atoms with Crippen molar-refractivity contribution in [2.24, 2.45) is 0 Å². The van der Waals surface area contributed by atoms with Gasteiger partial charge in [-0.25, -0.2) is 9.42 Å². The molecular formula is C18H21N7O3. The largest absolute Gasteiger partial charge is 0.346 e. The van der Waals surface area contributed by atoms with E-state index in [1.54, 1.807) is 37.2 Å². The first-order chi connectivity index (χ1) is 13.5. The average Bonchev–Trinajstić information content (AvgIpc) is 3.26. The second-order valence-corrected chi connectivity index (χ2v) is 6.95. The molecule has 0 aliphatic carbocycles. The van der Waals surface area contributed by atoms with E-state index in [0.717, 1.165) is 24.4 Å². The summed E-state index contributed by atoms with van der Waals surface area (Å²) in [5.74, 6) is -0.225. The average molecular weight is 383 g/mol. The summed E-state index contributed by atoms with van der Waals surface area (Å²) in [7, 11) is 3.50. The number of nitrogens with zero attached hydrogens (tertiary/aromatic N) is 6. The zero-order valence-corrected chi connectivity index (χ0v) is 15.8. The molecule has 3 heterocycles. The first kappa shape index (κ1) is 18.0. The highest BCUT2D eigenvalue weighted by Crippen LogP contribution is 2.15. The van der Waals surface area contributed by atoms with Crippen molar-refractivity contribution in [1.29, 1.82) is 0 Å². The lowest BCUT2D eigenvalue weighted by molar-refractivity contribution is 0.0950. The fourth-order valence-electron chi connectivity index (χ4n) is 3.25. The van der Waals surface area contributed by atoms with Crippen LogP contribution in [0, 0.1) is 0 Å². The molecule has 0 fully saturated rings. The Hall–Kier alpha value is -3.43. The van der Waals surface area contributed by atoms with Gasteiger partial charge in [-0.05, 0) is 41.0 Å². The molecule has 3 amide bonds. The Bertz CT molecular complexity index is 1020. The van der Waals surface area contributed by atoms with Gasteiger partial charge in [0, 0.05) is 32.7 Å². The SMILES string of the molecule is CN(C)C(=O)N1CCCn2nc(CNC(=O)c3ccc4nonc4c3)cc2C1. The summed E-state index contributed by atoms with van der Waals surface area (Å²) in [6.45, 7) is 2.26. The van der Waals surface area contributed by atoms with Gasteiger partial charge in [0.25, 0.3) is 5.91 Å². The number of carbonyl (C=O) groups excluding carboxylic acids is 2. The molecule has 0 spiro atoms. The Labute approximate surface area is 161 Å². The number of hydrogen-bond donors (Lipinski definition) is 1. The standard InChI is InChI=1S/C18H21N7O3/c1-23(2)18(27)24-6-3-7-25-14(11-24)9-13(20-25)10-19-17(26)12-4-5-15-16(8-12)22-28-21-15/h4-5,8-9H,3,6-7,10-11H2,1-2H3,(H,19,26). The lowest BCUT2D eigenvalue weighted by Gasteiger charge is -2.23. The lowest BCUT2D eigenvalue weighted by atomic mass is 10.2. The minimum absolute atomic E-state index is 0.0118. The molecule has 1 aromatic carbocycles. The van der Waals surface area contributed by atoms with Crippen LogP contribution in [0.2, 0.25) is 0 Å². The highest BCUT2D eigenvalue weighted by Gasteiger charge is 2.21. The summed E-state index contributed by atoms with van der Waals surface area (Å²) in [4.78, 5) is 28.1. The monoisotopic (exact) mass is 383 g/mol. The van der Waals surface area contributed by atoms with Crippen LogP contribution in [0.3, 0.4) is 0 Å². The van der Waals surface area contributed by atoms with Crippen LogP contribution in [0.1, 0.15) is 28.2 Å². The molecular weight excluding hydrogens is 362 g/mol. The predicted octanol–water partition coefficient (Wildman–Crippen LogP) is 1.24. The topological polar surface area (TPSA) is 109 Å². The molecule has 10 nitrogen and oxygen atoms in total. The van der Waals surface area contributed by atoms with Gasteiger partial charge in [-0.3, -0.25) is 9.48 Å². The number of nitrogens with one attached hydrogen (secondary N) is 1. The number of aromatic nitrogens is 4. The zero-order valence-electron chi connectivity index (χ0n) is 15.8. The van der Waals surface area contributed by atoms with Gasteiger partial charge in [0.2, 0.25) is 0 Å². The van der Waals surface area contributed by atoms with E-state index in [0.29, 0.717) is 36.2 Å². The third-order valence-corrected chi connectivity index (χ3v) is 4.66. The minimum atomic E-state index is -0.225. The molecule has 1 N–H and O–H groups in total. The van der Waals surface area contributed by atoms with Gasteiger partial charge in [0.1, 0.15) is 11.0 Å². The molecule has 0 saturated carbocycles.